The summed E-state index contributed by atoms with van der Waals surface area (Å²) in [6, 6.07) is 4.37. The van der Waals surface area contributed by atoms with Crippen molar-refractivity contribution in [3.05, 3.63) is 29.6 Å². The van der Waals surface area contributed by atoms with Crippen LogP contribution in [0, 0.1) is 11.7 Å². The van der Waals surface area contributed by atoms with Gasteiger partial charge >= 0.3 is 0 Å². The first kappa shape index (κ1) is 14.1. The number of nitrogens with zero attached hydrogens (tertiary/aromatic N) is 1. The van der Waals surface area contributed by atoms with Gasteiger partial charge in [-0.05, 0) is 30.9 Å². The molecule has 0 bridgehead atoms. The van der Waals surface area contributed by atoms with Crippen molar-refractivity contribution in [1.82, 2.24) is 4.90 Å². The van der Waals surface area contributed by atoms with Gasteiger partial charge in [0.25, 0.3) is 5.91 Å². The Hall–Kier alpha value is -1.29. The van der Waals surface area contributed by atoms with Crippen LogP contribution in [0.5, 0.6) is 5.75 Å². The fourth-order valence-corrected chi connectivity index (χ4v) is 2.85. The van der Waals surface area contributed by atoms with Crippen LogP contribution in [0.25, 0.3) is 0 Å². The number of amides is 1. The van der Waals surface area contributed by atoms with Gasteiger partial charge in [0, 0.05) is 19.0 Å². The lowest BCUT2D eigenvalue weighted by atomic mass is 9.84. The number of hydrogen-bond acceptors (Lipinski definition) is 2. The number of hydrogen-bond donors (Lipinski definition) is 0. The molecule has 1 saturated carbocycles. The Kier molecular flexibility index (Phi) is 4.30. The molecule has 0 spiro atoms. The van der Waals surface area contributed by atoms with Crippen LogP contribution < -0.4 is 4.74 Å². The third-order valence-corrected chi connectivity index (χ3v) is 3.82. The summed E-state index contributed by atoms with van der Waals surface area (Å²) >= 11 is 5.91. The summed E-state index contributed by atoms with van der Waals surface area (Å²) in [6.45, 7) is 0.597. The van der Waals surface area contributed by atoms with Crippen molar-refractivity contribution >= 4 is 17.5 Å². The molecule has 0 aliphatic heterocycles. The standard InChI is InChI=1S/C14H17ClFNO2/c1-17(8-9-6-10(15)7-9)14(18)13-11(16)4-3-5-12(13)19-2/h3-5,9-10H,6-8H2,1-2H3. The van der Waals surface area contributed by atoms with Gasteiger partial charge in [-0.1, -0.05) is 6.07 Å². The average molecular weight is 286 g/mol. The maximum absolute atomic E-state index is 13.8. The van der Waals surface area contributed by atoms with E-state index in [0.717, 1.165) is 12.8 Å². The summed E-state index contributed by atoms with van der Waals surface area (Å²) in [7, 11) is 3.10. The van der Waals surface area contributed by atoms with Gasteiger partial charge in [-0.25, -0.2) is 4.39 Å². The quantitative estimate of drug-likeness (QED) is 0.796. The van der Waals surface area contributed by atoms with E-state index in [4.69, 9.17) is 16.3 Å². The molecule has 19 heavy (non-hydrogen) atoms. The summed E-state index contributed by atoms with van der Waals surface area (Å²) in [5.74, 6) is -0.233. The number of halogens is 2. The number of alkyl halides is 1. The third kappa shape index (κ3) is 3.00. The predicted molar refractivity (Wildman–Crippen MR) is 72.3 cm³/mol. The van der Waals surface area contributed by atoms with Gasteiger partial charge in [0.1, 0.15) is 17.1 Å². The van der Waals surface area contributed by atoms with Crippen LogP contribution in [0.2, 0.25) is 0 Å². The lowest BCUT2D eigenvalue weighted by Gasteiger charge is -2.34. The van der Waals surface area contributed by atoms with Gasteiger partial charge in [-0.15, -0.1) is 11.6 Å². The molecular weight excluding hydrogens is 269 g/mol. The van der Waals surface area contributed by atoms with Crippen molar-refractivity contribution in [1.29, 1.82) is 0 Å². The van der Waals surface area contributed by atoms with Crippen molar-refractivity contribution < 1.29 is 13.9 Å². The highest BCUT2D eigenvalue weighted by Gasteiger charge is 2.30. The maximum atomic E-state index is 13.8. The number of carbonyl (C=O) groups is 1. The molecule has 1 aliphatic rings. The van der Waals surface area contributed by atoms with Crippen molar-refractivity contribution in [3.63, 3.8) is 0 Å². The third-order valence-electron chi connectivity index (χ3n) is 3.47. The Balaban J connectivity index is 2.10. The van der Waals surface area contributed by atoms with Crippen molar-refractivity contribution in [2.24, 2.45) is 5.92 Å². The molecule has 1 aromatic rings. The van der Waals surface area contributed by atoms with Crippen LogP contribution >= 0.6 is 11.6 Å². The second-order valence-electron chi connectivity index (χ2n) is 4.94. The van der Waals surface area contributed by atoms with Crippen LogP contribution in [0.15, 0.2) is 18.2 Å². The molecular formula is C14H17ClFNO2. The van der Waals surface area contributed by atoms with E-state index >= 15 is 0 Å². The molecule has 104 valence electrons. The topological polar surface area (TPSA) is 29.5 Å². The maximum Gasteiger partial charge on any atom is 0.260 e. The first-order chi connectivity index (χ1) is 9.02. The van der Waals surface area contributed by atoms with Gasteiger partial charge in [-0.2, -0.15) is 0 Å². The van der Waals surface area contributed by atoms with E-state index in [1.165, 1.54) is 24.1 Å². The Morgan fingerprint density at radius 1 is 1.53 bits per heavy atom. The monoisotopic (exact) mass is 285 g/mol. The van der Waals surface area contributed by atoms with Gasteiger partial charge < -0.3 is 9.64 Å². The minimum Gasteiger partial charge on any atom is -0.496 e. The lowest BCUT2D eigenvalue weighted by Crippen LogP contribution is -2.38. The highest BCUT2D eigenvalue weighted by molar-refractivity contribution is 6.21. The van der Waals surface area contributed by atoms with Gasteiger partial charge in [0.05, 0.1) is 7.11 Å². The van der Waals surface area contributed by atoms with Crippen LogP contribution in [0.4, 0.5) is 4.39 Å². The lowest BCUT2D eigenvalue weighted by molar-refractivity contribution is 0.0738. The molecule has 0 aromatic heterocycles. The summed E-state index contributed by atoms with van der Waals surface area (Å²) in [5, 5.41) is 0.219. The molecule has 0 atom stereocenters. The summed E-state index contributed by atoms with van der Waals surface area (Å²) in [6.07, 6.45) is 1.82. The summed E-state index contributed by atoms with van der Waals surface area (Å²) < 4.78 is 18.8. The second kappa shape index (κ2) is 5.78. The number of rotatable bonds is 4. The zero-order chi connectivity index (χ0) is 14.0. The molecule has 0 saturated heterocycles. The minimum atomic E-state index is -0.556. The molecule has 5 heteroatoms. The van der Waals surface area contributed by atoms with E-state index in [2.05, 4.69) is 0 Å². The minimum absolute atomic E-state index is 0.00533. The zero-order valence-electron chi connectivity index (χ0n) is 11.0. The van der Waals surface area contributed by atoms with Crippen molar-refractivity contribution in [3.8, 4) is 5.75 Å². The molecule has 3 nitrogen and oxygen atoms in total. The first-order valence-corrected chi connectivity index (χ1v) is 6.68. The van der Waals surface area contributed by atoms with Gasteiger partial charge in [-0.3, -0.25) is 4.79 Å². The Labute approximate surface area is 117 Å². The first-order valence-electron chi connectivity index (χ1n) is 6.25. The fourth-order valence-electron chi connectivity index (χ4n) is 2.35. The summed E-state index contributed by atoms with van der Waals surface area (Å²) in [4.78, 5) is 13.8. The second-order valence-corrected chi connectivity index (χ2v) is 5.55. The highest BCUT2D eigenvalue weighted by Crippen LogP contribution is 2.33. The molecule has 1 aliphatic carbocycles. The van der Waals surface area contributed by atoms with Crippen molar-refractivity contribution in [2.45, 2.75) is 18.2 Å². The number of methoxy groups -OCH3 is 1. The van der Waals surface area contributed by atoms with Crippen LogP contribution in [0.3, 0.4) is 0 Å². The van der Waals surface area contributed by atoms with Gasteiger partial charge in [0.2, 0.25) is 0 Å². The number of carbonyl (C=O) groups excluding carboxylic acids is 1. The Bertz CT molecular complexity index is 475. The zero-order valence-corrected chi connectivity index (χ0v) is 11.8. The largest absolute Gasteiger partial charge is 0.496 e. The van der Waals surface area contributed by atoms with E-state index in [1.54, 1.807) is 13.1 Å². The molecule has 0 unspecified atom stereocenters. The van der Waals surface area contributed by atoms with E-state index < -0.39 is 5.82 Å². The molecule has 0 N–H and O–H groups in total. The number of benzene rings is 1. The molecule has 0 radical (unpaired) electrons. The predicted octanol–water partition coefficient (Wildman–Crippen LogP) is 2.92. The molecule has 1 amide bonds. The average Bonchev–Trinajstić information content (AvgIpc) is 2.35. The van der Waals surface area contributed by atoms with E-state index in [9.17, 15) is 9.18 Å². The normalized spacial score (nSPS) is 21.7. The molecule has 1 aromatic carbocycles. The fraction of sp³-hybridized carbons (Fsp3) is 0.500. The van der Waals surface area contributed by atoms with Crippen molar-refractivity contribution in [2.75, 3.05) is 20.7 Å². The van der Waals surface area contributed by atoms with E-state index in [-0.39, 0.29) is 22.6 Å². The molecule has 0 heterocycles. The van der Waals surface area contributed by atoms with E-state index in [1.807, 2.05) is 0 Å². The number of ether oxygens (including phenoxy) is 1. The Morgan fingerprint density at radius 3 is 2.79 bits per heavy atom. The van der Waals surface area contributed by atoms with Gasteiger partial charge in [0.15, 0.2) is 0 Å². The van der Waals surface area contributed by atoms with E-state index in [0.29, 0.717) is 12.5 Å². The van der Waals surface area contributed by atoms with Crippen LogP contribution in [-0.2, 0) is 0 Å². The smallest absolute Gasteiger partial charge is 0.260 e. The highest BCUT2D eigenvalue weighted by atomic mass is 35.5. The Morgan fingerprint density at radius 2 is 2.21 bits per heavy atom. The van der Waals surface area contributed by atoms with Crippen LogP contribution in [0.1, 0.15) is 23.2 Å². The summed E-state index contributed by atoms with van der Waals surface area (Å²) in [5.41, 5.74) is -0.00533. The molecule has 1 fully saturated rings. The SMILES string of the molecule is COc1cccc(F)c1C(=O)N(C)CC1CC(Cl)C1. The van der Waals surface area contributed by atoms with Crippen LogP contribution in [-0.4, -0.2) is 36.9 Å². The molecule has 2 rings (SSSR count).